The maximum Gasteiger partial charge on any atom is 0.183 e. The maximum atomic E-state index is 11.1. The molecule has 3 heteroatoms. The van der Waals surface area contributed by atoms with Crippen LogP contribution in [0.25, 0.3) is 0 Å². The first-order chi connectivity index (χ1) is 6.74. The quantitative estimate of drug-likeness (QED) is 0.762. The molecule has 0 unspecified atom stereocenters. The number of rotatable bonds is 5. The van der Waals surface area contributed by atoms with Crippen LogP contribution in [0, 0.1) is 6.92 Å². The van der Waals surface area contributed by atoms with E-state index in [4.69, 9.17) is 4.74 Å². The first kappa shape index (κ1) is 10.7. The maximum absolute atomic E-state index is 11.1. The summed E-state index contributed by atoms with van der Waals surface area (Å²) in [5.41, 5.74) is 1.05. The lowest BCUT2D eigenvalue weighted by Crippen LogP contribution is -2.24. The Morgan fingerprint density at radius 3 is 2.79 bits per heavy atom. The molecule has 0 aliphatic rings. The molecule has 1 aromatic carbocycles. The van der Waals surface area contributed by atoms with Crippen molar-refractivity contribution >= 4 is 5.78 Å². The standard InChI is InChI=1S/C11H15NO2/c1-9-5-3-4-6-11(9)14-8-10(13)7-12-2/h3-6,12H,7-8H2,1-2H3. The molecule has 14 heavy (non-hydrogen) atoms. The van der Waals surface area contributed by atoms with Crippen LogP contribution in [0.4, 0.5) is 0 Å². The van der Waals surface area contributed by atoms with Crippen LogP contribution < -0.4 is 10.1 Å². The van der Waals surface area contributed by atoms with Gasteiger partial charge in [0.05, 0.1) is 6.54 Å². The molecule has 76 valence electrons. The molecule has 0 spiro atoms. The first-order valence-corrected chi connectivity index (χ1v) is 4.58. The molecule has 1 N–H and O–H groups in total. The van der Waals surface area contributed by atoms with E-state index in [1.807, 2.05) is 31.2 Å². The third-order valence-electron chi connectivity index (χ3n) is 1.86. The molecule has 0 amide bonds. The van der Waals surface area contributed by atoms with Gasteiger partial charge in [0.15, 0.2) is 5.78 Å². The minimum absolute atomic E-state index is 0.0516. The molecular formula is C11H15NO2. The number of ether oxygens (including phenoxy) is 1. The molecule has 1 aromatic rings. The normalized spacial score (nSPS) is 9.86. The van der Waals surface area contributed by atoms with Gasteiger partial charge in [-0.05, 0) is 25.6 Å². The summed E-state index contributed by atoms with van der Waals surface area (Å²) >= 11 is 0. The number of hydrogen-bond donors (Lipinski definition) is 1. The Bertz CT molecular complexity index is 310. The zero-order valence-corrected chi connectivity index (χ0v) is 8.54. The SMILES string of the molecule is CNCC(=O)COc1ccccc1C. The van der Waals surface area contributed by atoms with Crippen LogP contribution in [-0.2, 0) is 4.79 Å². The van der Waals surface area contributed by atoms with Crippen LogP contribution in [0.15, 0.2) is 24.3 Å². The van der Waals surface area contributed by atoms with E-state index in [-0.39, 0.29) is 12.4 Å². The molecule has 0 radical (unpaired) electrons. The number of aryl methyl sites for hydroxylation is 1. The Kier molecular flexibility index (Phi) is 4.13. The highest BCUT2D eigenvalue weighted by molar-refractivity contribution is 5.81. The number of benzene rings is 1. The Morgan fingerprint density at radius 2 is 2.14 bits per heavy atom. The smallest absolute Gasteiger partial charge is 0.183 e. The first-order valence-electron chi connectivity index (χ1n) is 4.58. The molecule has 0 saturated carbocycles. The monoisotopic (exact) mass is 193 g/mol. The molecule has 0 aromatic heterocycles. The number of hydrogen-bond acceptors (Lipinski definition) is 3. The predicted molar refractivity (Wildman–Crippen MR) is 55.6 cm³/mol. The van der Waals surface area contributed by atoms with Gasteiger partial charge in [0, 0.05) is 0 Å². The summed E-state index contributed by atoms with van der Waals surface area (Å²) < 4.78 is 5.36. The van der Waals surface area contributed by atoms with E-state index in [1.54, 1.807) is 7.05 Å². The second-order valence-corrected chi connectivity index (χ2v) is 3.12. The topological polar surface area (TPSA) is 38.3 Å². The Hall–Kier alpha value is -1.35. The number of nitrogens with one attached hydrogen (secondary N) is 1. The summed E-state index contributed by atoms with van der Waals surface area (Å²) in [7, 11) is 1.74. The van der Waals surface area contributed by atoms with Crippen LogP contribution in [0.2, 0.25) is 0 Å². The van der Waals surface area contributed by atoms with Crippen molar-refractivity contribution in [2.24, 2.45) is 0 Å². The molecular weight excluding hydrogens is 178 g/mol. The zero-order valence-electron chi connectivity index (χ0n) is 8.54. The van der Waals surface area contributed by atoms with Gasteiger partial charge in [-0.25, -0.2) is 0 Å². The zero-order chi connectivity index (χ0) is 10.4. The van der Waals surface area contributed by atoms with Gasteiger partial charge in [-0.3, -0.25) is 4.79 Å². The van der Waals surface area contributed by atoms with E-state index in [2.05, 4.69) is 5.32 Å². The van der Waals surface area contributed by atoms with Crippen molar-refractivity contribution in [2.45, 2.75) is 6.92 Å². The van der Waals surface area contributed by atoms with Gasteiger partial charge in [0.2, 0.25) is 0 Å². The highest BCUT2D eigenvalue weighted by Crippen LogP contribution is 2.15. The fourth-order valence-corrected chi connectivity index (χ4v) is 1.12. The van der Waals surface area contributed by atoms with Gasteiger partial charge in [0.1, 0.15) is 12.4 Å². The molecule has 1 rings (SSSR count). The van der Waals surface area contributed by atoms with Crippen molar-refractivity contribution in [1.29, 1.82) is 0 Å². The second kappa shape index (κ2) is 5.40. The summed E-state index contributed by atoms with van der Waals surface area (Å²) in [5.74, 6) is 0.827. The average molecular weight is 193 g/mol. The van der Waals surface area contributed by atoms with E-state index in [9.17, 15) is 4.79 Å². The summed E-state index contributed by atoms with van der Waals surface area (Å²) in [6.45, 7) is 2.44. The van der Waals surface area contributed by atoms with Crippen LogP contribution in [-0.4, -0.2) is 26.0 Å². The number of ketones is 1. The van der Waals surface area contributed by atoms with Crippen molar-refractivity contribution < 1.29 is 9.53 Å². The Balaban J connectivity index is 2.46. The summed E-state index contributed by atoms with van der Waals surface area (Å²) in [6, 6.07) is 7.66. The van der Waals surface area contributed by atoms with Crippen LogP contribution in [0.1, 0.15) is 5.56 Å². The van der Waals surface area contributed by atoms with E-state index in [1.165, 1.54) is 0 Å². The fourth-order valence-electron chi connectivity index (χ4n) is 1.12. The number of Topliss-reactive ketones (excluding diaryl/α,β-unsaturated/α-hetero) is 1. The Morgan fingerprint density at radius 1 is 1.43 bits per heavy atom. The minimum atomic E-state index is 0.0516. The van der Waals surface area contributed by atoms with Gasteiger partial charge < -0.3 is 10.1 Å². The van der Waals surface area contributed by atoms with Crippen molar-refractivity contribution in [1.82, 2.24) is 5.32 Å². The van der Waals surface area contributed by atoms with E-state index < -0.39 is 0 Å². The lowest BCUT2D eigenvalue weighted by molar-refractivity contribution is -0.120. The van der Waals surface area contributed by atoms with Crippen molar-refractivity contribution in [2.75, 3.05) is 20.2 Å². The van der Waals surface area contributed by atoms with E-state index in [0.29, 0.717) is 6.54 Å². The van der Waals surface area contributed by atoms with Gasteiger partial charge in [-0.1, -0.05) is 18.2 Å². The van der Waals surface area contributed by atoms with E-state index >= 15 is 0 Å². The van der Waals surface area contributed by atoms with Crippen molar-refractivity contribution in [3.05, 3.63) is 29.8 Å². The number of carbonyl (C=O) groups is 1. The highest BCUT2D eigenvalue weighted by atomic mass is 16.5. The molecule has 0 atom stereocenters. The van der Waals surface area contributed by atoms with Crippen LogP contribution >= 0.6 is 0 Å². The second-order valence-electron chi connectivity index (χ2n) is 3.12. The summed E-state index contributed by atoms with van der Waals surface area (Å²) in [6.07, 6.45) is 0. The van der Waals surface area contributed by atoms with Crippen molar-refractivity contribution in [3.63, 3.8) is 0 Å². The Labute approximate surface area is 84.1 Å². The van der Waals surface area contributed by atoms with Crippen molar-refractivity contribution in [3.8, 4) is 5.75 Å². The molecule has 0 saturated heterocycles. The third-order valence-corrected chi connectivity index (χ3v) is 1.86. The lowest BCUT2D eigenvalue weighted by Gasteiger charge is -2.07. The van der Waals surface area contributed by atoms with Gasteiger partial charge in [-0.15, -0.1) is 0 Å². The molecule has 3 nitrogen and oxygen atoms in total. The summed E-state index contributed by atoms with van der Waals surface area (Å²) in [5, 5.41) is 2.79. The van der Waals surface area contributed by atoms with Gasteiger partial charge >= 0.3 is 0 Å². The average Bonchev–Trinajstić information content (AvgIpc) is 2.17. The van der Waals surface area contributed by atoms with Crippen LogP contribution in [0.5, 0.6) is 5.75 Å². The minimum Gasteiger partial charge on any atom is -0.486 e. The van der Waals surface area contributed by atoms with Gasteiger partial charge in [0.25, 0.3) is 0 Å². The lowest BCUT2D eigenvalue weighted by atomic mass is 10.2. The fraction of sp³-hybridized carbons (Fsp3) is 0.364. The molecule has 0 aliphatic carbocycles. The predicted octanol–water partition coefficient (Wildman–Crippen LogP) is 1.16. The van der Waals surface area contributed by atoms with E-state index in [0.717, 1.165) is 11.3 Å². The molecule has 0 aliphatic heterocycles. The molecule has 0 bridgehead atoms. The highest BCUT2D eigenvalue weighted by Gasteiger charge is 2.02. The van der Waals surface area contributed by atoms with Crippen LogP contribution in [0.3, 0.4) is 0 Å². The number of likely N-dealkylation sites (N-methyl/N-ethyl adjacent to an activating group) is 1. The summed E-state index contributed by atoms with van der Waals surface area (Å²) in [4.78, 5) is 11.1. The number of para-hydroxylation sites is 1. The molecule has 0 heterocycles. The number of carbonyl (C=O) groups excluding carboxylic acids is 1. The van der Waals surface area contributed by atoms with Gasteiger partial charge in [-0.2, -0.15) is 0 Å². The third kappa shape index (κ3) is 3.18. The largest absolute Gasteiger partial charge is 0.486 e. The molecule has 0 fully saturated rings.